The normalized spacial score (nSPS) is 11.7. The number of hydrogen-bond donors (Lipinski definition) is 1. The zero-order valence-corrected chi connectivity index (χ0v) is 13.2. The fourth-order valence-electron chi connectivity index (χ4n) is 2.08. The maximum Gasteiger partial charge on any atom is 0.303 e. The largest absolute Gasteiger partial charge is 0.481 e. The monoisotopic (exact) mass is 280 g/mol. The lowest BCUT2D eigenvalue weighted by Gasteiger charge is -1.97. The first-order valence-electron chi connectivity index (χ1n) is 8.29. The Balaban J connectivity index is 3.19. The predicted octanol–water partition coefficient (Wildman–Crippen LogP) is 5.88. The predicted molar refractivity (Wildman–Crippen MR) is 87.0 cm³/mol. The minimum absolute atomic E-state index is 0.280. The van der Waals surface area contributed by atoms with Gasteiger partial charge in [-0.25, -0.2) is 0 Å². The molecular formula is C18H32O2. The van der Waals surface area contributed by atoms with Gasteiger partial charge >= 0.3 is 5.97 Å². The van der Waals surface area contributed by atoms with E-state index in [0.717, 1.165) is 25.7 Å². The highest BCUT2D eigenvalue weighted by Gasteiger charge is 1.92. The summed E-state index contributed by atoms with van der Waals surface area (Å²) in [6, 6.07) is 0. The quantitative estimate of drug-likeness (QED) is 0.318. The standard InChI is InChI=1S/C18H32O2/c1-2-3-4-5-6-7-8-9-10-11-12-13-14-15-16-17-18(19)20/h9-10,13-14H,2-8,11-12,15-17H2,1H3,(H,19,20)/b10-9?,14-13-. The molecule has 0 aromatic rings. The molecule has 2 nitrogen and oxygen atoms in total. The van der Waals surface area contributed by atoms with Crippen LogP contribution in [0.4, 0.5) is 0 Å². The number of aliphatic carboxylic acids is 1. The van der Waals surface area contributed by atoms with Crippen molar-refractivity contribution in [3.63, 3.8) is 0 Å². The molecule has 0 radical (unpaired) electrons. The summed E-state index contributed by atoms with van der Waals surface area (Å²) in [6.45, 7) is 2.25. The molecule has 0 rings (SSSR count). The highest BCUT2D eigenvalue weighted by molar-refractivity contribution is 5.66. The molecular weight excluding hydrogens is 248 g/mol. The molecule has 0 aliphatic rings. The van der Waals surface area contributed by atoms with Gasteiger partial charge in [0.2, 0.25) is 0 Å². The maximum atomic E-state index is 10.3. The van der Waals surface area contributed by atoms with Crippen molar-refractivity contribution < 1.29 is 9.90 Å². The highest BCUT2D eigenvalue weighted by atomic mass is 16.4. The molecule has 0 heterocycles. The van der Waals surface area contributed by atoms with Gasteiger partial charge in [0.05, 0.1) is 0 Å². The molecule has 1 N–H and O–H groups in total. The van der Waals surface area contributed by atoms with E-state index in [4.69, 9.17) is 5.11 Å². The molecule has 0 fully saturated rings. The van der Waals surface area contributed by atoms with Crippen LogP contribution in [-0.2, 0) is 4.79 Å². The van der Waals surface area contributed by atoms with E-state index in [-0.39, 0.29) is 6.42 Å². The molecule has 0 saturated carbocycles. The zero-order chi connectivity index (χ0) is 14.9. The molecule has 0 aliphatic heterocycles. The van der Waals surface area contributed by atoms with Crippen molar-refractivity contribution in [2.75, 3.05) is 0 Å². The minimum atomic E-state index is -0.698. The topological polar surface area (TPSA) is 37.3 Å². The van der Waals surface area contributed by atoms with Crippen molar-refractivity contribution in [2.24, 2.45) is 0 Å². The van der Waals surface area contributed by atoms with Crippen molar-refractivity contribution in [3.05, 3.63) is 24.3 Å². The lowest BCUT2D eigenvalue weighted by Crippen LogP contribution is -1.92. The summed E-state index contributed by atoms with van der Waals surface area (Å²) >= 11 is 0. The Labute approximate surface area is 125 Å². The first-order chi connectivity index (χ1) is 9.77. The van der Waals surface area contributed by atoms with Crippen LogP contribution in [0.3, 0.4) is 0 Å². The van der Waals surface area contributed by atoms with Gasteiger partial charge in [0.15, 0.2) is 0 Å². The molecule has 0 unspecified atom stereocenters. The van der Waals surface area contributed by atoms with Gasteiger partial charge < -0.3 is 5.11 Å². The van der Waals surface area contributed by atoms with Gasteiger partial charge in [-0.2, -0.15) is 0 Å². The van der Waals surface area contributed by atoms with Gasteiger partial charge in [0.25, 0.3) is 0 Å². The van der Waals surface area contributed by atoms with Crippen molar-refractivity contribution in [1.29, 1.82) is 0 Å². The van der Waals surface area contributed by atoms with Crippen LogP contribution in [0.5, 0.6) is 0 Å². The molecule has 2 heteroatoms. The third-order valence-electron chi connectivity index (χ3n) is 3.32. The number of carboxylic acid groups (broad SMARTS) is 1. The van der Waals surface area contributed by atoms with Crippen LogP contribution in [0.2, 0.25) is 0 Å². The number of carbonyl (C=O) groups is 1. The smallest absolute Gasteiger partial charge is 0.303 e. The Morgan fingerprint density at radius 2 is 1.25 bits per heavy atom. The number of unbranched alkanes of at least 4 members (excludes halogenated alkanes) is 8. The molecule has 0 aromatic carbocycles. The Morgan fingerprint density at radius 1 is 0.750 bits per heavy atom. The van der Waals surface area contributed by atoms with Crippen molar-refractivity contribution in [3.8, 4) is 0 Å². The highest BCUT2D eigenvalue weighted by Crippen LogP contribution is 2.07. The van der Waals surface area contributed by atoms with Crippen LogP contribution in [-0.4, -0.2) is 11.1 Å². The molecule has 0 amide bonds. The van der Waals surface area contributed by atoms with E-state index < -0.39 is 5.97 Å². The van der Waals surface area contributed by atoms with Gasteiger partial charge in [-0.05, 0) is 38.5 Å². The summed E-state index contributed by atoms with van der Waals surface area (Å²) in [5, 5.41) is 8.48. The molecule has 116 valence electrons. The fourth-order valence-corrected chi connectivity index (χ4v) is 2.08. The third-order valence-corrected chi connectivity index (χ3v) is 3.32. The molecule has 20 heavy (non-hydrogen) atoms. The average molecular weight is 280 g/mol. The van der Waals surface area contributed by atoms with Gasteiger partial charge in [0, 0.05) is 6.42 Å². The van der Waals surface area contributed by atoms with Crippen LogP contribution in [0.15, 0.2) is 24.3 Å². The van der Waals surface area contributed by atoms with E-state index in [2.05, 4.69) is 31.2 Å². The Kier molecular flexibility index (Phi) is 15.2. The number of rotatable bonds is 14. The summed E-state index contributed by atoms with van der Waals surface area (Å²) in [5.74, 6) is -0.698. The number of hydrogen-bond acceptors (Lipinski definition) is 1. The summed E-state index contributed by atoms with van der Waals surface area (Å²) in [5.41, 5.74) is 0. The lowest BCUT2D eigenvalue weighted by atomic mass is 10.1. The van der Waals surface area contributed by atoms with Crippen molar-refractivity contribution in [1.82, 2.24) is 0 Å². The summed E-state index contributed by atoms with van der Waals surface area (Å²) in [4.78, 5) is 10.3. The van der Waals surface area contributed by atoms with Gasteiger partial charge in [-0.15, -0.1) is 0 Å². The van der Waals surface area contributed by atoms with Crippen LogP contribution < -0.4 is 0 Å². The molecule has 0 saturated heterocycles. The van der Waals surface area contributed by atoms with E-state index >= 15 is 0 Å². The molecule has 0 bridgehead atoms. The summed E-state index contributed by atoms with van der Waals surface area (Å²) in [7, 11) is 0. The second-order valence-electron chi connectivity index (χ2n) is 5.36. The maximum absolute atomic E-state index is 10.3. The summed E-state index contributed by atoms with van der Waals surface area (Å²) in [6.07, 6.45) is 22.3. The van der Waals surface area contributed by atoms with E-state index in [1.165, 1.54) is 44.9 Å². The molecule has 0 aliphatic carbocycles. The summed E-state index contributed by atoms with van der Waals surface area (Å²) < 4.78 is 0. The minimum Gasteiger partial charge on any atom is -0.481 e. The van der Waals surface area contributed by atoms with Crippen LogP contribution in [0.25, 0.3) is 0 Å². The van der Waals surface area contributed by atoms with Gasteiger partial charge in [0.1, 0.15) is 0 Å². The van der Waals surface area contributed by atoms with Crippen LogP contribution >= 0.6 is 0 Å². The first-order valence-corrected chi connectivity index (χ1v) is 8.29. The van der Waals surface area contributed by atoms with Gasteiger partial charge in [-0.1, -0.05) is 63.3 Å². The second-order valence-corrected chi connectivity index (χ2v) is 5.36. The lowest BCUT2D eigenvalue weighted by molar-refractivity contribution is -0.137. The van der Waals surface area contributed by atoms with E-state index in [1.807, 2.05) is 0 Å². The zero-order valence-electron chi connectivity index (χ0n) is 13.2. The molecule has 0 spiro atoms. The van der Waals surface area contributed by atoms with Crippen LogP contribution in [0.1, 0.15) is 84.0 Å². The van der Waals surface area contributed by atoms with Crippen molar-refractivity contribution in [2.45, 2.75) is 84.0 Å². The Hall–Kier alpha value is -1.05. The molecule has 0 atom stereocenters. The van der Waals surface area contributed by atoms with Gasteiger partial charge in [-0.3, -0.25) is 4.79 Å². The van der Waals surface area contributed by atoms with Crippen LogP contribution in [0, 0.1) is 0 Å². The fraction of sp³-hybridized carbons (Fsp3) is 0.722. The van der Waals surface area contributed by atoms with E-state index in [0.29, 0.717) is 0 Å². The number of carboxylic acids is 1. The second kappa shape index (κ2) is 16.0. The Morgan fingerprint density at radius 3 is 1.85 bits per heavy atom. The number of allylic oxidation sites excluding steroid dienone is 4. The average Bonchev–Trinajstić information content (AvgIpc) is 2.43. The Bertz CT molecular complexity index is 267. The third kappa shape index (κ3) is 16.9. The van der Waals surface area contributed by atoms with Crippen molar-refractivity contribution >= 4 is 5.97 Å². The van der Waals surface area contributed by atoms with E-state index in [1.54, 1.807) is 0 Å². The molecule has 0 aromatic heterocycles. The SMILES string of the molecule is CCCCCCCCC=CCC/C=C\CCCC(=O)O. The first kappa shape index (κ1) is 18.9. The van der Waals surface area contributed by atoms with E-state index in [9.17, 15) is 4.79 Å².